The van der Waals surface area contributed by atoms with Gasteiger partial charge in [-0.15, -0.1) is 11.3 Å². The Balaban J connectivity index is 2.12. The molecule has 6 heteroatoms. The number of nitrogens with one attached hydrogen (secondary N) is 1. The summed E-state index contributed by atoms with van der Waals surface area (Å²) in [5.74, 6) is 0.503. The summed E-state index contributed by atoms with van der Waals surface area (Å²) in [5.41, 5.74) is 5.77. The van der Waals surface area contributed by atoms with Gasteiger partial charge in [0, 0.05) is 43.8 Å². The molecule has 0 amide bonds. The van der Waals surface area contributed by atoms with Crippen LogP contribution in [0.4, 0.5) is 0 Å². The van der Waals surface area contributed by atoms with Crippen molar-refractivity contribution in [2.75, 3.05) is 26.3 Å². The zero-order valence-electron chi connectivity index (χ0n) is 11.8. The maximum absolute atomic E-state index is 5.77. The average molecular weight is 284 g/mol. The van der Waals surface area contributed by atoms with Gasteiger partial charge < -0.3 is 15.8 Å². The molecule has 0 aliphatic carbocycles. The minimum atomic E-state index is 0.503. The van der Waals surface area contributed by atoms with Crippen molar-refractivity contribution in [3.63, 3.8) is 0 Å². The molecule has 19 heavy (non-hydrogen) atoms. The lowest BCUT2D eigenvalue weighted by Gasteiger charge is -2.04. The topological polar surface area (TPSA) is 72.5 Å². The Kier molecular flexibility index (Phi) is 8.16. The van der Waals surface area contributed by atoms with E-state index in [0.717, 1.165) is 44.0 Å². The third-order valence-corrected chi connectivity index (χ3v) is 3.73. The van der Waals surface area contributed by atoms with E-state index < -0.39 is 0 Å². The highest BCUT2D eigenvalue weighted by atomic mass is 32.1. The van der Waals surface area contributed by atoms with Gasteiger partial charge in [0.15, 0.2) is 5.96 Å². The molecule has 1 heterocycles. The molecule has 0 aliphatic rings. The van der Waals surface area contributed by atoms with Gasteiger partial charge in [-0.25, -0.2) is 4.98 Å². The van der Waals surface area contributed by atoms with E-state index in [1.807, 2.05) is 13.1 Å². The summed E-state index contributed by atoms with van der Waals surface area (Å²) < 4.78 is 5.23. The summed E-state index contributed by atoms with van der Waals surface area (Å²) in [6.07, 6.45) is 4.79. The number of hydrogen-bond acceptors (Lipinski definition) is 4. The largest absolute Gasteiger partial charge is 0.382 e. The normalized spacial score (nSPS) is 11.8. The predicted octanol–water partition coefficient (Wildman–Crippen LogP) is 1.58. The molecule has 0 spiro atoms. The van der Waals surface area contributed by atoms with Crippen LogP contribution in [-0.4, -0.2) is 37.2 Å². The van der Waals surface area contributed by atoms with Crippen LogP contribution < -0.4 is 11.1 Å². The first-order valence-corrected chi connectivity index (χ1v) is 7.63. The van der Waals surface area contributed by atoms with Crippen molar-refractivity contribution in [2.24, 2.45) is 10.7 Å². The molecule has 0 aromatic carbocycles. The van der Waals surface area contributed by atoms with Crippen LogP contribution in [0.5, 0.6) is 0 Å². The van der Waals surface area contributed by atoms with E-state index >= 15 is 0 Å². The first-order chi connectivity index (χ1) is 9.26. The molecule has 0 saturated carbocycles. The Hall–Kier alpha value is -1.14. The number of nitrogens with two attached hydrogens (primary N) is 1. The van der Waals surface area contributed by atoms with Crippen molar-refractivity contribution in [2.45, 2.75) is 33.1 Å². The molecule has 0 fully saturated rings. The highest BCUT2D eigenvalue weighted by Gasteiger charge is 2.00. The average Bonchev–Trinajstić information content (AvgIpc) is 2.86. The third kappa shape index (κ3) is 7.12. The molecule has 108 valence electrons. The Morgan fingerprint density at radius 1 is 1.53 bits per heavy atom. The Labute approximate surface area is 119 Å². The molecule has 0 bridgehead atoms. The van der Waals surface area contributed by atoms with Crippen molar-refractivity contribution in [1.82, 2.24) is 10.3 Å². The SMILES string of the molecule is CCOCCCN=C(N)NCCc1ncc(CC)s1. The molecule has 1 aromatic rings. The highest BCUT2D eigenvalue weighted by Crippen LogP contribution is 2.13. The number of thiazole rings is 1. The first kappa shape index (κ1) is 15.9. The second kappa shape index (κ2) is 9.75. The number of nitrogens with zero attached hydrogens (tertiary/aromatic N) is 2. The van der Waals surface area contributed by atoms with Crippen molar-refractivity contribution >= 4 is 17.3 Å². The first-order valence-electron chi connectivity index (χ1n) is 6.81. The van der Waals surface area contributed by atoms with E-state index in [0.29, 0.717) is 12.5 Å². The second-order valence-corrected chi connectivity index (χ2v) is 5.27. The minimum Gasteiger partial charge on any atom is -0.382 e. The number of hydrogen-bond donors (Lipinski definition) is 2. The van der Waals surface area contributed by atoms with Gasteiger partial charge in [0.1, 0.15) is 0 Å². The standard InChI is InChI=1S/C13H24N4OS/c1-3-11-10-17-12(19-11)6-8-16-13(14)15-7-5-9-18-4-2/h10H,3-9H2,1-2H3,(H3,14,15,16). The van der Waals surface area contributed by atoms with Crippen LogP contribution in [0.1, 0.15) is 30.2 Å². The maximum atomic E-state index is 5.77. The number of aryl methyl sites for hydroxylation is 1. The summed E-state index contributed by atoms with van der Waals surface area (Å²) in [6.45, 7) is 7.11. The fraction of sp³-hybridized carbons (Fsp3) is 0.692. The van der Waals surface area contributed by atoms with Crippen molar-refractivity contribution in [3.8, 4) is 0 Å². The summed E-state index contributed by atoms with van der Waals surface area (Å²) >= 11 is 1.76. The van der Waals surface area contributed by atoms with Crippen LogP contribution in [0, 0.1) is 0 Å². The van der Waals surface area contributed by atoms with Gasteiger partial charge >= 0.3 is 0 Å². The van der Waals surface area contributed by atoms with E-state index in [-0.39, 0.29) is 0 Å². The van der Waals surface area contributed by atoms with Crippen LogP contribution in [0.3, 0.4) is 0 Å². The van der Waals surface area contributed by atoms with Gasteiger partial charge in [0.25, 0.3) is 0 Å². The molecule has 0 radical (unpaired) electrons. The minimum absolute atomic E-state index is 0.503. The third-order valence-electron chi connectivity index (χ3n) is 2.53. The van der Waals surface area contributed by atoms with Gasteiger partial charge in [-0.05, 0) is 19.8 Å². The van der Waals surface area contributed by atoms with E-state index in [9.17, 15) is 0 Å². The number of guanidine groups is 1. The fourth-order valence-electron chi connectivity index (χ4n) is 1.49. The molecular formula is C13H24N4OS. The summed E-state index contributed by atoms with van der Waals surface area (Å²) in [6, 6.07) is 0. The molecule has 0 saturated heterocycles. The Morgan fingerprint density at radius 2 is 2.37 bits per heavy atom. The predicted molar refractivity (Wildman–Crippen MR) is 80.8 cm³/mol. The molecule has 0 unspecified atom stereocenters. The smallest absolute Gasteiger partial charge is 0.188 e. The van der Waals surface area contributed by atoms with Crippen LogP contribution in [0.15, 0.2) is 11.2 Å². The molecule has 5 nitrogen and oxygen atoms in total. The van der Waals surface area contributed by atoms with Gasteiger partial charge in [-0.1, -0.05) is 6.92 Å². The monoisotopic (exact) mass is 284 g/mol. The number of aliphatic imine (C=N–C) groups is 1. The quantitative estimate of drug-likeness (QED) is 0.410. The van der Waals surface area contributed by atoms with E-state index in [2.05, 4.69) is 22.2 Å². The molecule has 3 N–H and O–H groups in total. The Morgan fingerprint density at radius 3 is 3.05 bits per heavy atom. The molecular weight excluding hydrogens is 260 g/mol. The van der Waals surface area contributed by atoms with Crippen molar-refractivity contribution in [3.05, 3.63) is 16.1 Å². The van der Waals surface area contributed by atoms with Gasteiger partial charge in [0.2, 0.25) is 0 Å². The Bertz CT molecular complexity index is 378. The zero-order valence-corrected chi connectivity index (χ0v) is 12.6. The maximum Gasteiger partial charge on any atom is 0.188 e. The zero-order chi connectivity index (χ0) is 13.9. The van der Waals surface area contributed by atoms with E-state index in [1.54, 1.807) is 11.3 Å². The van der Waals surface area contributed by atoms with Crippen LogP contribution in [0.25, 0.3) is 0 Å². The fourth-order valence-corrected chi connectivity index (χ4v) is 2.35. The van der Waals surface area contributed by atoms with Gasteiger partial charge in [0.05, 0.1) is 5.01 Å². The lowest BCUT2D eigenvalue weighted by Crippen LogP contribution is -2.33. The summed E-state index contributed by atoms with van der Waals surface area (Å²) in [4.78, 5) is 9.92. The molecule has 0 atom stereocenters. The number of aromatic nitrogens is 1. The number of ether oxygens (including phenoxy) is 1. The summed E-state index contributed by atoms with van der Waals surface area (Å²) in [7, 11) is 0. The van der Waals surface area contributed by atoms with Crippen LogP contribution >= 0.6 is 11.3 Å². The van der Waals surface area contributed by atoms with Gasteiger partial charge in [-0.2, -0.15) is 0 Å². The lowest BCUT2D eigenvalue weighted by molar-refractivity contribution is 0.146. The lowest BCUT2D eigenvalue weighted by atomic mass is 10.4. The second-order valence-electron chi connectivity index (χ2n) is 4.07. The number of rotatable bonds is 9. The van der Waals surface area contributed by atoms with E-state index in [4.69, 9.17) is 10.5 Å². The van der Waals surface area contributed by atoms with Crippen LogP contribution in [-0.2, 0) is 17.6 Å². The van der Waals surface area contributed by atoms with Crippen LogP contribution in [0.2, 0.25) is 0 Å². The molecule has 1 aromatic heterocycles. The van der Waals surface area contributed by atoms with Crippen molar-refractivity contribution < 1.29 is 4.74 Å². The van der Waals surface area contributed by atoms with Crippen molar-refractivity contribution in [1.29, 1.82) is 0 Å². The highest BCUT2D eigenvalue weighted by molar-refractivity contribution is 7.11. The summed E-state index contributed by atoms with van der Waals surface area (Å²) in [5, 5.41) is 4.25. The van der Waals surface area contributed by atoms with E-state index in [1.165, 1.54) is 4.88 Å². The van der Waals surface area contributed by atoms with Gasteiger partial charge in [-0.3, -0.25) is 4.99 Å². The molecule has 1 rings (SSSR count). The molecule has 0 aliphatic heterocycles.